The molecule has 1 aliphatic rings. The minimum atomic E-state index is -0.431. The van der Waals surface area contributed by atoms with Crippen LogP contribution in [0.25, 0.3) is 0 Å². The van der Waals surface area contributed by atoms with E-state index < -0.39 is 6.04 Å². The smallest absolute Gasteiger partial charge is 0.262 e. The van der Waals surface area contributed by atoms with Gasteiger partial charge in [0.15, 0.2) is 0 Å². The Kier molecular flexibility index (Phi) is 3.47. The second-order valence-corrected chi connectivity index (χ2v) is 5.75. The molecule has 1 aliphatic heterocycles. The first kappa shape index (κ1) is 14.4. The van der Waals surface area contributed by atoms with Gasteiger partial charge in [0.05, 0.1) is 17.2 Å². The van der Waals surface area contributed by atoms with Crippen LogP contribution in [-0.2, 0) is 0 Å². The van der Waals surface area contributed by atoms with Gasteiger partial charge in [0, 0.05) is 0 Å². The van der Waals surface area contributed by atoms with Crippen molar-refractivity contribution in [3.8, 4) is 0 Å². The molecule has 0 atom stereocenters. The van der Waals surface area contributed by atoms with E-state index in [1.807, 2.05) is 60.7 Å². The number of carbonyl (C=O) groups is 2. The largest absolute Gasteiger partial charge is 0.269 e. The average Bonchev–Trinajstić information content (AvgIpc) is 2.90. The van der Waals surface area contributed by atoms with Gasteiger partial charge in [-0.3, -0.25) is 14.5 Å². The van der Waals surface area contributed by atoms with Crippen molar-refractivity contribution in [1.82, 2.24) is 4.90 Å². The van der Waals surface area contributed by atoms with Crippen LogP contribution in [-0.4, -0.2) is 16.7 Å². The van der Waals surface area contributed by atoms with Crippen molar-refractivity contribution in [2.45, 2.75) is 6.04 Å². The van der Waals surface area contributed by atoms with Crippen LogP contribution < -0.4 is 0 Å². The highest BCUT2D eigenvalue weighted by Gasteiger charge is 2.40. The summed E-state index contributed by atoms with van der Waals surface area (Å²) in [6, 6.07) is 25.9. The van der Waals surface area contributed by atoms with Gasteiger partial charge in [0.25, 0.3) is 11.8 Å². The van der Waals surface area contributed by atoms with E-state index >= 15 is 0 Å². The summed E-state index contributed by atoms with van der Waals surface area (Å²) >= 11 is 0. The monoisotopic (exact) mass is 313 g/mol. The van der Waals surface area contributed by atoms with Crippen molar-refractivity contribution in [2.75, 3.05) is 0 Å². The Morgan fingerprint density at radius 1 is 0.542 bits per heavy atom. The summed E-state index contributed by atoms with van der Waals surface area (Å²) in [5, 5.41) is 0. The van der Waals surface area contributed by atoms with Gasteiger partial charge in [0.1, 0.15) is 0 Å². The number of fused-ring (bicyclic) bond motifs is 1. The molecule has 0 unspecified atom stereocenters. The predicted octanol–water partition coefficient (Wildman–Crippen LogP) is 4.07. The second-order valence-electron chi connectivity index (χ2n) is 5.75. The standard InChI is InChI=1S/C21H15NO2/c23-20-17-13-7-8-14-18(17)21(24)22(20)19(15-9-3-1-4-10-15)16-11-5-2-6-12-16/h1-14,19H. The summed E-state index contributed by atoms with van der Waals surface area (Å²) in [7, 11) is 0. The summed E-state index contributed by atoms with van der Waals surface area (Å²) in [5.41, 5.74) is 2.77. The van der Waals surface area contributed by atoms with Gasteiger partial charge in [-0.1, -0.05) is 72.8 Å². The van der Waals surface area contributed by atoms with Crippen LogP contribution in [0.3, 0.4) is 0 Å². The molecule has 116 valence electrons. The van der Waals surface area contributed by atoms with Crippen molar-refractivity contribution in [1.29, 1.82) is 0 Å². The zero-order valence-electron chi connectivity index (χ0n) is 12.9. The molecule has 3 heteroatoms. The molecule has 0 radical (unpaired) electrons. The summed E-state index contributed by atoms with van der Waals surface area (Å²) in [5.74, 6) is -0.485. The molecule has 3 aromatic rings. The molecule has 1 heterocycles. The van der Waals surface area contributed by atoms with E-state index in [-0.39, 0.29) is 11.8 Å². The molecular formula is C21H15NO2. The van der Waals surface area contributed by atoms with Crippen LogP contribution in [0.2, 0.25) is 0 Å². The number of rotatable bonds is 3. The van der Waals surface area contributed by atoms with E-state index in [9.17, 15) is 9.59 Å². The first-order chi connectivity index (χ1) is 11.8. The summed E-state index contributed by atoms with van der Waals surface area (Å²) < 4.78 is 0. The molecule has 0 N–H and O–H groups in total. The molecule has 0 saturated carbocycles. The van der Waals surface area contributed by atoms with Crippen LogP contribution in [0.4, 0.5) is 0 Å². The normalized spacial score (nSPS) is 13.5. The Labute approximate surface area is 140 Å². The number of hydrogen-bond donors (Lipinski definition) is 0. The molecule has 0 aliphatic carbocycles. The van der Waals surface area contributed by atoms with Gasteiger partial charge in [-0.25, -0.2) is 0 Å². The van der Waals surface area contributed by atoms with Gasteiger partial charge in [0.2, 0.25) is 0 Å². The van der Waals surface area contributed by atoms with E-state index in [0.717, 1.165) is 11.1 Å². The number of benzene rings is 3. The zero-order chi connectivity index (χ0) is 16.5. The molecule has 2 amide bonds. The van der Waals surface area contributed by atoms with Crippen LogP contribution in [0.15, 0.2) is 84.9 Å². The van der Waals surface area contributed by atoms with Crippen molar-refractivity contribution in [3.63, 3.8) is 0 Å². The van der Waals surface area contributed by atoms with Crippen LogP contribution in [0.1, 0.15) is 37.9 Å². The van der Waals surface area contributed by atoms with E-state index in [1.54, 1.807) is 24.3 Å². The number of amides is 2. The van der Waals surface area contributed by atoms with Crippen molar-refractivity contribution in [3.05, 3.63) is 107 Å². The molecular weight excluding hydrogens is 298 g/mol. The fourth-order valence-electron chi connectivity index (χ4n) is 3.20. The highest BCUT2D eigenvalue weighted by atomic mass is 16.2. The lowest BCUT2D eigenvalue weighted by Crippen LogP contribution is -2.34. The third-order valence-corrected chi connectivity index (χ3v) is 4.31. The van der Waals surface area contributed by atoms with Crippen LogP contribution in [0.5, 0.6) is 0 Å². The summed E-state index contributed by atoms with van der Waals surface area (Å²) in [6.07, 6.45) is 0. The number of carbonyl (C=O) groups excluding carboxylic acids is 2. The number of nitrogens with zero attached hydrogens (tertiary/aromatic N) is 1. The average molecular weight is 313 g/mol. The maximum absolute atomic E-state index is 12.9. The maximum atomic E-state index is 12.9. The minimum Gasteiger partial charge on any atom is -0.269 e. The van der Waals surface area contributed by atoms with Crippen LogP contribution in [0, 0.1) is 0 Å². The van der Waals surface area contributed by atoms with Gasteiger partial charge in [-0.15, -0.1) is 0 Å². The second kappa shape index (κ2) is 5.78. The van der Waals surface area contributed by atoms with Crippen LogP contribution >= 0.6 is 0 Å². The Bertz CT molecular complexity index is 829. The molecule has 24 heavy (non-hydrogen) atoms. The first-order valence-corrected chi connectivity index (χ1v) is 7.84. The van der Waals surface area contributed by atoms with E-state index in [2.05, 4.69) is 0 Å². The lowest BCUT2D eigenvalue weighted by atomic mass is 9.97. The molecule has 0 spiro atoms. The predicted molar refractivity (Wildman–Crippen MR) is 91.7 cm³/mol. The first-order valence-electron chi connectivity index (χ1n) is 7.84. The molecule has 0 fully saturated rings. The highest BCUT2D eigenvalue weighted by Crippen LogP contribution is 2.35. The fourth-order valence-corrected chi connectivity index (χ4v) is 3.20. The molecule has 3 aromatic carbocycles. The third kappa shape index (κ3) is 2.22. The highest BCUT2D eigenvalue weighted by molar-refractivity contribution is 6.21. The quantitative estimate of drug-likeness (QED) is 0.683. The zero-order valence-corrected chi connectivity index (χ0v) is 12.9. The fraction of sp³-hybridized carbons (Fsp3) is 0.0476. The maximum Gasteiger partial charge on any atom is 0.262 e. The summed E-state index contributed by atoms with van der Waals surface area (Å²) in [6.45, 7) is 0. The third-order valence-electron chi connectivity index (χ3n) is 4.31. The van der Waals surface area contributed by atoms with Gasteiger partial charge in [-0.2, -0.15) is 0 Å². The van der Waals surface area contributed by atoms with E-state index in [4.69, 9.17) is 0 Å². The van der Waals surface area contributed by atoms with Crippen molar-refractivity contribution < 1.29 is 9.59 Å². The number of hydrogen-bond acceptors (Lipinski definition) is 2. The topological polar surface area (TPSA) is 37.4 Å². The van der Waals surface area contributed by atoms with Crippen molar-refractivity contribution >= 4 is 11.8 Å². The Hall–Kier alpha value is -3.20. The molecule has 0 aromatic heterocycles. The Morgan fingerprint density at radius 2 is 0.917 bits per heavy atom. The molecule has 0 saturated heterocycles. The van der Waals surface area contributed by atoms with Gasteiger partial charge in [-0.05, 0) is 23.3 Å². The molecule has 0 bridgehead atoms. The lowest BCUT2D eigenvalue weighted by molar-refractivity contribution is 0.0608. The lowest BCUT2D eigenvalue weighted by Gasteiger charge is -2.27. The number of imide groups is 1. The van der Waals surface area contributed by atoms with E-state index in [1.165, 1.54) is 4.90 Å². The van der Waals surface area contributed by atoms with Crippen molar-refractivity contribution in [2.24, 2.45) is 0 Å². The summed E-state index contributed by atoms with van der Waals surface area (Å²) in [4.78, 5) is 27.2. The minimum absolute atomic E-state index is 0.242. The van der Waals surface area contributed by atoms with Gasteiger partial charge >= 0.3 is 0 Å². The van der Waals surface area contributed by atoms with E-state index in [0.29, 0.717) is 11.1 Å². The Balaban J connectivity index is 1.87. The Morgan fingerprint density at radius 3 is 1.33 bits per heavy atom. The van der Waals surface area contributed by atoms with Gasteiger partial charge < -0.3 is 0 Å². The molecule has 3 nitrogen and oxygen atoms in total. The molecule has 4 rings (SSSR count). The SMILES string of the molecule is O=C1c2ccccc2C(=O)N1C(c1ccccc1)c1ccccc1.